The van der Waals surface area contributed by atoms with E-state index in [2.05, 4.69) is 36.4 Å². The molecule has 1 heterocycles. The van der Waals surface area contributed by atoms with Crippen LogP contribution in [0.15, 0.2) is 42.0 Å². The van der Waals surface area contributed by atoms with Gasteiger partial charge in [-0.1, -0.05) is 42.0 Å². The van der Waals surface area contributed by atoms with Crippen LogP contribution in [0.3, 0.4) is 0 Å². The zero-order chi connectivity index (χ0) is 9.38. The summed E-state index contributed by atoms with van der Waals surface area (Å²) in [6, 6.07) is 10.8. The monoisotopic (exact) mass is 186 g/mol. The fourth-order valence-corrected chi connectivity index (χ4v) is 2.51. The zero-order valence-electron chi connectivity index (χ0n) is 8.15. The van der Waals surface area contributed by atoms with Crippen molar-refractivity contribution in [3.63, 3.8) is 0 Å². The second-order valence-corrected chi connectivity index (χ2v) is 4.14. The Morgan fingerprint density at radius 2 is 1.93 bits per heavy atom. The Bertz CT molecular complexity index is 353. The fraction of sp³-hybridized carbons (Fsp3) is 0.385. The molecule has 1 fully saturated rings. The average molecular weight is 186 g/mol. The maximum atomic E-state index is 5.48. The Morgan fingerprint density at radius 1 is 1.07 bits per heavy atom. The number of ether oxygens (including phenoxy) is 1. The lowest BCUT2D eigenvalue weighted by molar-refractivity contribution is 0.0855. The first-order valence-electron chi connectivity index (χ1n) is 5.27. The molecule has 0 aromatic heterocycles. The number of hydrogen-bond acceptors (Lipinski definition) is 1. The second-order valence-electron chi connectivity index (χ2n) is 4.14. The van der Waals surface area contributed by atoms with E-state index >= 15 is 0 Å². The van der Waals surface area contributed by atoms with Gasteiger partial charge in [-0.05, 0) is 17.9 Å². The molecule has 0 bridgehead atoms. The van der Waals surface area contributed by atoms with Gasteiger partial charge in [-0.3, -0.25) is 0 Å². The molecule has 3 rings (SSSR count). The van der Waals surface area contributed by atoms with Crippen LogP contribution in [0, 0.1) is 5.92 Å². The maximum absolute atomic E-state index is 5.48. The molecule has 14 heavy (non-hydrogen) atoms. The lowest BCUT2D eigenvalue weighted by Crippen LogP contribution is -2.34. The third-order valence-corrected chi connectivity index (χ3v) is 3.41. The quantitative estimate of drug-likeness (QED) is 0.613. The van der Waals surface area contributed by atoms with Gasteiger partial charge in [0.15, 0.2) is 0 Å². The Kier molecular flexibility index (Phi) is 1.91. The van der Waals surface area contributed by atoms with E-state index in [4.69, 9.17) is 4.74 Å². The highest BCUT2D eigenvalue weighted by molar-refractivity contribution is 5.33. The fourth-order valence-electron chi connectivity index (χ4n) is 2.51. The van der Waals surface area contributed by atoms with E-state index in [0.717, 1.165) is 13.2 Å². The first-order valence-corrected chi connectivity index (χ1v) is 5.27. The van der Waals surface area contributed by atoms with Crippen LogP contribution >= 0.6 is 0 Å². The van der Waals surface area contributed by atoms with Gasteiger partial charge in [0, 0.05) is 5.92 Å². The van der Waals surface area contributed by atoms with Crippen LogP contribution in [-0.2, 0) is 4.74 Å². The minimum absolute atomic E-state index is 0.672. The van der Waals surface area contributed by atoms with E-state index in [0.29, 0.717) is 11.8 Å². The van der Waals surface area contributed by atoms with Gasteiger partial charge in [-0.2, -0.15) is 0 Å². The Hall–Kier alpha value is -1.08. The van der Waals surface area contributed by atoms with Crippen LogP contribution < -0.4 is 0 Å². The third-order valence-electron chi connectivity index (χ3n) is 3.41. The molecule has 1 aromatic rings. The van der Waals surface area contributed by atoms with E-state index in [9.17, 15) is 0 Å². The van der Waals surface area contributed by atoms with Crippen molar-refractivity contribution < 1.29 is 4.74 Å². The van der Waals surface area contributed by atoms with Crippen LogP contribution in [0.4, 0.5) is 0 Å². The van der Waals surface area contributed by atoms with E-state index < -0.39 is 0 Å². The molecule has 1 aromatic carbocycles. The first-order chi connectivity index (χ1) is 6.95. The molecule has 1 heteroatoms. The van der Waals surface area contributed by atoms with Gasteiger partial charge in [-0.25, -0.2) is 0 Å². The summed E-state index contributed by atoms with van der Waals surface area (Å²) in [6.45, 7) is 1.75. The number of rotatable bonds is 1. The van der Waals surface area contributed by atoms with Crippen molar-refractivity contribution in [3.8, 4) is 0 Å². The van der Waals surface area contributed by atoms with E-state index in [1.165, 1.54) is 12.0 Å². The summed E-state index contributed by atoms with van der Waals surface area (Å²) >= 11 is 0. The number of benzene rings is 1. The minimum atomic E-state index is 0.672. The normalized spacial score (nSPS) is 30.1. The predicted molar refractivity (Wildman–Crippen MR) is 56.2 cm³/mol. The topological polar surface area (TPSA) is 9.23 Å². The summed E-state index contributed by atoms with van der Waals surface area (Å²) in [6.07, 6.45) is 3.51. The zero-order valence-corrected chi connectivity index (χ0v) is 8.15. The van der Waals surface area contributed by atoms with Gasteiger partial charge >= 0.3 is 0 Å². The van der Waals surface area contributed by atoms with Gasteiger partial charge in [0.2, 0.25) is 0 Å². The molecule has 1 aliphatic heterocycles. The van der Waals surface area contributed by atoms with Crippen molar-refractivity contribution in [2.75, 3.05) is 13.2 Å². The summed E-state index contributed by atoms with van der Waals surface area (Å²) in [5.41, 5.74) is 3.09. The molecule has 72 valence electrons. The molecular weight excluding hydrogens is 172 g/mol. The van der Waals surface area contributed by atoms with Crippen LogP contribution in [-0.4, -0.2) is 13.2 Å². The standard InChI is InChI=1S/C13H14O/c1-2-4-10(5-3-1)12-8-11-6-7-14-9-13(11)12/h1-6,12-13H,7-9H2/t12-,13+/m1/s1. The predicted octanol–water partition coefficient (Wildman–Crippen LogP) is 2.75. The highest BCUT2D eigenvalue weighted by Crippen LogP contribution is 2.48. The molecule has 2 aliphatic rings. The SMILES string of the molecule is C1=C2C[C@H](c3ccccc3)[C@H]2COC1. The molecule has 0 spiro atoms. The molecule has 0 unspecified atom stereocenters. The Balaban J connectivity index is 1.84. The Morgan fingerprint density at radius 3 is 2.71 bits per heavy atom. The van der Waals surface area contributed by atoms with E-state index in [1.807, 2.05) is 0 Å². The maximum Gasteiger partial charge on any atom is 0.0650 e. The summed E-state index contributed by atoms with van der Waals surface area (Å²) in [4.78, 5) is 0. The first kappa shape index (κ1) is 8.25. The largest absolute Gasteiger partial charge is 0.377 e. The van der Waals surface area contributed by atoms with Crippen LogP contribution in [0.2, 0.25) is 0 Å². The van der Waals surface area contributed by atoms with Crippen molar-refractivity contribution in [1.82, 2.24) is 0 Å². The van der Waals surface area contributed by atoms with Crippen molar-refractivity contribution >= 4 is 0 Å². The lowest BCUT2D eigenvalue weighted by Gasteiger charge is -2.42. The molecule has 2 atom stereocenters. The summed E-state index contributed by atoms with van der Waals surface area (Å²) in [5, 5.41) is 0. The second kappa shape index (κ2) is 3.25. The molecule has 0 N–H and O–H groups in total. The van der Waals surface area contributed by atoms with Crippen molar-refractivity contribution in [3.05, 3.63) is 47.5 Å². The van der Waals surface area contributed by atoms with Gasteiger partial charge in [0.25, 0.3) is 0 Å². The molecule has 0 radical (unpaired) electrons. The molecular formula is C13H14O. The summed E-state index contributed by atoms with van der Waals surface area (Å²) in [5.74, 6) is 1.38. The highest BCUT2D eigenvalue weighted by atomic mass is 16.5. The van der Waals surface area contributed by atoms with E-state index in [-0.39, 0.29) is 0 Å². The molecule has 0 amide bonds. The summed E-state index contributed by atoms with van der Waals surface area (Å²) in [7, 11) is 0. The van der Waals surface area contributed by atoms with Gasteiger partial charge in [-0.15, -0.1) is 0 Å². The smallest absolute Gasteiger partial charge is 0.0650 e. The van der Waals surface area contributed by atoms with Gasteiger partial charge < -0.3 is 4.74 Å². The van der Waals surface area contributed by atoms with Gasteiger partial charge in [0.05, 0.1) is 13.2 Å². The number of fused-ring (bicyclic) bond motifs is 1. The average Bonchev–Trinajstić information content (AvgIpc) is 2.22. The molecule has 0 saturated heterocycles. The summed E-state index contributed by atoms with van der Waals surface area (Å²) < 4.78 is 5.48. The van der Waals surface area contributed by atoms with Crippen molar-refractivity contribution in [2.45, 2.75) is 12.3 Å². The molecule has 1 nitrogen and oxygen atoms in total. The third kappa shape index (κ3) is 1.20. The van der Waals surface area contributed by atoms with Crippen LogP contribution in [0.5, 0.6) is 0 Å². The molecule has 1 saturated carbocycles. The van der Waals surface area contributed by atoms with Crippen LogP contribution in [0.25, 0.3) is 0 Å². The minimum Gasteiger partial charge on any atom is -0.377 e. The molecule has 1 aliphatic carbocycles. The van der Waals surface area contributed by atoms with Crippen molar-refractivity contribution in [2.24, 2.45) is 5.92 Å². The van der Waals surface area contributed by atoms with Gasteiger partial charge in [0.1, 0.15) is 0 Å². The lowest BCUT2D eigenvalue weighted by atomic mass is 9.66. The van der Waals surface area contributed by atoms with Crippen molar-refractivity contribution in [1.29, 1.82) is 0 Å². The number of hydrogen-bond donors (Lipinski definition) is 0. The van der Waals surface area contributed by atoms with E-state index in [1.54, 1.807) is 5.57 Å². The Labute approximate surface area is 84.4 Å². The highest BCUT2D eigenvalue weighted by Gasteiger charge is 2.37. The van der Waals surface area contributed by atoms with Crippen LogP contribution in [0.1, 0.15) is 17.9 Å².